The Labute approximate surface area is 215 Å². The average Bonchev–Trinajstić information content (AvgIpc) is 3.29. The summed E-state index contributed by atoms with van der Waals surface area (Å²) in [6.45, 7) is 10.6. The van der Waals surface area contributed by atoms with Gasteiger partial charge in [-0.1, -0.05) is 23.7 Å². The van der Waals surface area contributed by atoms with Gasteiger partial charge in [0, 0.05) is 61.0 Å². The number of anilines is 1. The first-order chi connectivity index (χ1) is 16.9. The highest BCUT2D eigenvalue weighted by Gasteiger charge is 2.21. The SMILES string of the molecule is Cc1cc2nc(-c3ccnc(N4CCN(C(C)C)CC4)c3)sc2c(-c2ccc(Cl)cc2)c1CC=O. The van der Waals surface area contributed by atoms with Crippen molar-refractivity contribution in [2.75, 3.05) is 31.1 Å². The van der Waals surface area contributed by atoms with Crippen molar-refractivity contribution < 1.29 is 4.79 Å². The van der Waals surface area contributed by atoms with Crippen molar-refractivity contribution in [1.29, 1.82) is 0 Å². The minimum absolute atomic E-state index is 0.370. The lowest BCUT2D eigenvalue weighted by atomic mass is 9.93. The van der Waals surface area contributed by atoms with Gasteiger partial charge in [0.15, 0.2) is 0 Å². The van der Waals surface area contributed by atoms with Crippen molar-refractivity contribution in [3.05, 3.63) is 64.8 Å². The summed E-state index contributed by atoms with van der Waals surface area (Å²) >= 11 is 7.83. The van der Waals surface area contributed by atoms with Gasteiger partial charge < -0.3 is 9.69 Å². The maximum Gasteiger partial charge on any atom is 0.129 e. The third-order valence-electron chi connectivity index (χ3n) is 6.79. The second-order valence-corrected chi connectivity index (χ2v) is 10.7. The molecule has 0 saturated carbocycles. The number of pyridine rings is 1. The summed E-state index contributed by atoms with van der Waals surface area (Å²) in [4.78, 5) is 26.1. The molecule has 1 aliphatic rings. The lowest BCUT2D eigenvalue weighted by molar-refractivity contribution is -0.107. The fourth-order valence-corrected chi connectivity index (χ4v) is 6.08. The van der Waals surface area contributed by atoms with Gasteiger partial charge in [-0.25, -0.2) is 9.97 Å². The second-order valence-electron chi connectivity index (χ2n) is 9.31. The fourth-order valence-electron chi connectivity index (χ4n) is 4.82. The predicted molar refractivity (Wildman–Crippen MR) is 147 cm³/mol. The molecule has 0 unspecified atom stereocenters. The molecule has 5 nitrogen and oxygen atoms in total. The molecule has 0 aliphatic carbocycles. The lowest BCUT2D eigenvalue weighted by Crippen LogP contribution is -2.49. The molecule has 2 aromatic carbocycles. The molecule has 2 aromatic heterocycles. The minimum atomic E-state index is 0.370. The fraction of sp³-hybridized carbons (Fsp3) is 0.321. The number of nitrogens with zero attached hydrogens (tertiary/aromatic N) is 4. The van der Waals surface area contributed by atoms with Gasteiger partial charge in [-0.3, -0.25) is 4.90 Å². The molecule has 0 bridgehead atoms. The Kier molecular flexibility index (Phi) is 6.87. The predicted octanol–water partition coefficient (Wildman–Crippen LogP) is 6.26. The van der Waals surface area contributed by atoms with Crippen molar-refractivity contribution in [1.82, 2.24) is 14.9 Å². The summed E-state index contributed by atoms with van der Waals surface area (Å²) < 4.78 is 1.09. The van der Waals surface area contributed by atoms with Crippen LogP contribution in [0, 0.1) is 6.92 Å². The lowest BCUT2D eigenvalue weighted by Gasteiger charge is -2.37. The summed E-state index contributed by atoms with van der Waals surface area (Å²) in [5.41, 5.74) is 6.26. The van der Waals surface area contributed by atoms with Gasteiger partial charge in [-0.15, -0.1) is 11.3 Å². The molecule has 0 amide bonds. The largest absolute Gasteiger partial charge is 0.354 e. The van der Waals surface area contributed by atoms with Crippen LogP contribution < -0.4 is 4.90 Å². The number of hydrogen-bond donors (Lipinski definition) is 0. The van der Waals surface area contributed by atoms with Gasteiger partial charge >= 0.3 is 0 Å². The molecule has 0 N–H and O–H groups in total. The van der Waals surface area contributed by atoms with E-state index in [4.69, 9.17) is 16.6 Å². The number of aromatic nitrogens is 2. The molecule has 7 heteroatoms. The molecule has 0 radical (unpaired) electrons. The van der Waals surface area contributed by atoms with Crippen molar-refractivity contribution in [3.63, 3.8) is 0 Å². The Morgan fingerprint density at radius 1 is 1.06 bits per heavy atom. The van der Waals surface area contributed by atoms with Crippen LogP contribution in [0.3, 0.4) is 0 Å². The van der Waals surface area contributed by atoms with Crippen LogP contribution in [-0.4, -0.2) is 53.4 Å². The van der Waals surface area contributed by atoms with Crippen LogP contribution in [0.2, 0.25) is 5.02 Å². The summed E-state index contributed by atoms with van der Waals surface area (Å²) in [7, 11) is 0. The first-order valence-corrected chi connectivity index (χ1v) is 13.2. The summed E-state index contributed by atoms with van der Waals surface area (Å²) in [5.74, 6) is 1.00. The van der Waals surface area contributed by atoms with E-state index in [9.17, 15) is 4.79 Å². The van der Waals surface area contributed by atoms with Crippen molar-refractivity contribution >= 4 is 45.3 Å². The molecule has 5 rings (SSSR count). The van der Waals surface area contributed by atoms with E-state index in [1.165, 1.54) is 0 Å². The van der Waals surface area contributed by atoms with Crippen LogP contribution in [0.15, 0.2) is 48.7 Å². The average molecular weight is 505 g/mol. The molecule has 1 aliphatic heterocycles. The summed E-state index contributed by atoms with van der Waals surface area (Å²) in [6, 6.07) is 14.7. The van der Waals surface area contributed by atoms with E-state index < -0.39 is 0 Å². The number of rotatable bonds is 6. The van der Waals surface area contributed by atoms with Gasteiger partial charge in [0.25, 0.3) is 0 Å². The van der Waals surface area contributed by atoms with Crippen LogP contribution in [-0.2, 0) is 11.2 Å². The van der Waals surface area contributed by atoms with E-state index in [0.717, 1.165) is 81.3 Å². The summed E-state index contributed by atoms with van der Waals surface area (Å²) in [5, 5.41) is 1.65. The Morgan fingerprint density at radius 3 is 2.49 bits per heavy atom. The molecule has 4 aromatic rings. The third kappa shape index (κ3) is 4.83. The first-order valence-electron chi connectivity index (χ1n) is 12.0. The zero-order valence-electron chi connectivity index (χ0n) is 20.3. The number of piperazine rings is 1. The highest BCUT2D eigenvalue weighted by Crippen LogP contribution is 2.41. The van der Waals surface area contributed by atoms with Gasteiger partial charge in [0.05, 0.1) is 10.2 Å². The topological polar surface area (TPSA) is 49.3 Å². The number of carbonyl (C=O) groups excluding carboxylic acids is 1. The molecule has 3 heterocycles. The highest BCUT2D eigenvalue weighted by molar-refractivity contribution is 7.22. The normalized spacial score (nSPS) is 14.7. The number of benzene rings is 2. The second kappa shape index (κ2) is 10.1. The van der Waals surface area contributed by atoms with E-state index in [1.807, 2.05) is 36.5 Å². The Bertz CT molecular complexity index is 1360. The number of thiazole rings is 1. The third-order valence-corrected chi connectivity index (χ3v) is 8.18. The molecule has 35 heavy (non-hydrogen) atoms. The van der Waals surface area contributed by atoms with E-state index >= 15 is 0 Å². The van der Waals surface area contributed by atoms with E-state index in [0.29, 0.717) is 17.5 Å². The maximum atomic E-state index is 11.5. The highest BCUT2D eigenvalue weighted by atomic mass is 35.5. The van der Waals surface area contributed by atoms with Gasteiger partial charge in [-0.05, 0) is 67.8 Å². The van der Waals surface area contributed by atoms with Gasteiger partial charge in [0.2, 0.25) is 0 Å². The van der Waals surface area contributed by atoms with Gasteiger partial charge in [0.1, 0.15) is 17.1 Å². The first kappa shape index (κ1) is 23.9. The van der Waals surface area contributed by atoms with Crippen LogP contribution in [0.5, 0.6) is 0 Å². The number of hydrogen-bond acceptors (Lipinski definition) is 6. The molecule has 1 saturated heterocycles. The standard InChI is InChI=1S/C28H29ClN4OS/c1-18(2)32-11-13-33(14-12-32)25-17-21(8-10-30-25)28-31-24-16-19(3)23(9-15-34)26(27(24)35-28)20-4-6-22(29)7-5-20/h4-8,10,15-18H,9,11-14H2,1-3H3. The number of halogens is 1. The molecule has 180 valence electrons. The number of carbonyl (C=O) groups is 1. The molecule has 0 spiro atoms. The van der Waals surface area contributed by atoms with Gasteiger partial charge in [-0.2, -0.15) is 0 Å². The Hall–Kier alpha value is -2.80. The minimum Gasteiger partial charge on any atom is -0.354 e. The Balaban J connectivity index is 1.55. The molecular formula is C28H29ClN4OS. The van der Waals surface area contributed by atoms with Crippen molar-refractivity contribution in [3.8, 4) is 21.7 Å². The van der Waals surface area contributed by atoms with Crippen molar-refractivity contribution in [2.45, 2.75) is 33.2 Å². The van der Waals surface area contributed by atoms with Crippen LogP contribution in [0.25, 0.3) is 31.9 Å². The maximum absolute atomic E-state index is 11.5. The van der Waals surface area contributed by atoms with E-state index in [1.54, 1.807) is 11.3 Å². The smallest absolute Gasteiger partial charge is 0.129 e. The number of fused-ring (bicyclic) bond motifs is 1. The number of aldehydes is 1. The van der Waals surface area contributed by atoms with Crippen molar-refractivity contribution in [2.24, 2.45) is 0 Å². The van der Waals surface area contributed by atoms with Crippen LogP contribution in [0.1, 0.15) is 25.0 Å². The van der Waals surface area contributed by atoms with Crippen LogP contribution in [0.4, 0.5) is 5.82 Å². The quantitative estimate of drug-likeness (QED) is 0.290. The molecule has 1 fully saturated rings. The number of aryl methyl sites for hydroxylation is 1. The van der Waals surface area contributed by atoms with E-state index in [-0.39, 0.29) is 0 Å². The Morgan fingerprint density at radius 2 is 1.80 bits per heavy atom. The van der Waals surface area contributed by atoms with E-state index in [2.05, 4.69) is 47.7 Å². The zero-order chi connectivity index (χ0) is 24.5. The van der Waals surface area contributed by atoms with Crippen LogP contribution >= 0.6 is 22.9 Å². The molecule has 0 atom stereocenters. The monoisotopic (exact) mass is 504 g/mol. The zero-order valence-corrected chi connectivity index (χ0v) is 21.9. The summed E-state index contributed by atoms with van der Waals surface area (Å²) in [6.07, 6.45) is 3.23. The molecular weight excluding hydrogens is 476 g/mol.